The van der Waals surface area contributed by atoms with E-state index in [1.165, 1.54) is 0 Å². The first-order valence-electron chi connectivity index (χ1n) is 5.44. The quantitative estimate of drug-likeness (QED) is 0.871. The molecule has 0 aliphatic carbocycles. The van der Waals surface area contributed by atoms with Gasteiger partial charge in [-0.15, -0.1) is 0 Å². The van der Waals surface area contributed by atoms with Crippen LogP contribution in [0.25, 0.3) is 10.9 Å². The molecule has 2 N–H and O–H groups in total. The summed E-state index contributed by atoms with van der Waals surface area (Å²) in [5.74, 6) is 0. The largest absolute Gasteiger partial charge is 0.324 e. The second kappa shape index (κ2) is 4.07. The molecular formula is C12H16ClN3. The Morgan fingerprint density at radius 2 is 2.00 bits per heavy atom. The number of nitrogens with two attached hydrogens (primary N) is 1. The van der Waals surface area contributed by atoms with E-state index in [0.717, 1.165) is 16.5 Å². The van der Waals surface area contributed by atoms with Gasteiger partial charge in [0.05, 0.1) is 5.52 Å². The van der Waals surface area contributed by atoms with Crippen LogP contribution in [0.1, 0.15) is 38.4 Å². The second-order valence-electron chi connectivity index (χ2n) is 4.39. The summed E-state index contributed by atoms with van der Waals surface area (Å²) < 4.78 is 1.83. The third kappa shape index (κ3) is 1.81. The van der Waals surface area contributed by atoms with Crippen molar-refractivity contribution in [3.05, 3.63) is 28.9 Å². The minimum absolute atomic E-state index is 0.0207. The summed E-state index contributed by atoms with van der Waals surface area (Å²) >= 11 is 6.25. The molecular weight excluding hydrogens is 222 g/mol. The number of fused-ring (bicyclic) bond motifs is 1. The molecule has 1 atom stereocenters. The lowest BCUT2D eigenvalue weighted by Gasteiger charge is -2.05. The van der Waals surface area contributed by atoms with Gasteiger partial charge in [0.1, 0.15) is 5.15 Å². The molecule has 2 aromatic rings. The van der Waals surface area contributed by atoms with Crippen molar-refractivity contribution in [3.8, 4) is 0 Å². The van der Waals surface area contributed by atoms with Crippen molar-refractivity contribution in [2.45, 2.75) is 32.9 Å². The van der Waals surface area contributed by atoms with Gasteiger partial charge in [-0.2, -0.15) is 5.10 Å². The summed E-state index contributed by atoms with van der Waals surface area (Å²) in [6.45, 7) is 6.08. The zero-order chi connectivity index (χ0) is 11.9. The molecule has 16 heavy (non-hydrogen) atoms. The van der Waals surface area contributed by atoms with E-state index >= 15 is 0 Å². The van der Waals surface area contributed by atoms with Crippen LogP contribution in [0.5, 0.6) is 0 Å². The molecule has 1 heterocycles. The summed E-state index contributed by atoms with van der Waals surface area (Å²) in [6, 6.07) is 6.28. The van der Waals surface area contributed by atoms with E-state index in [9.17, 15) is 0 Å². The van der Waals surface area contributed by atoms with E-state index in [0.29, 0.717) is 5.15 Å². The predicted octanol–water partition coefficient (Wildman–Crippen LogP) is 3.29. The fourth-order valence-corrected chi connectivity index (χ4v) is 2.11. The van der Waals surface area contributed by atoms with Crippen LogP contribution in [0, 0.1) is 0 Å². The van der Waals surface area contributed by atoms with E-state index in [1.807, 2.05) is 29.8 Å². The zero-order valence-corrected chi connectivity index (χ0v) is 10.5. The normalized spacial score (nSPS) is 13.6. The standard InChI is InChI=1S/C12H16ClN3/c1-7(2)16-12(13)10-5-4-9(8(3)14)6-11(10)15-16/h4-8H,14H2,1-3H3. The van der Waals surface area contributed by atoms with Gasteiger partial charge in [-0.05, 0) is 38.5 Å². The Bertz CT molecular complexity index is 514. The Morgan fingerprint density at radius 3 is 2.56 bits per heavy atom. The summed E-state index contributed by atoms with van der Waals surface area (Å²) in [7, 11) is 0. The van der Waals surface area contributed by atoms with E-state index < -0.39 is 0 Å². The third-order valence-corrected chi connectivity index (χ3v) is 3.05. The van der Waals surface area contributed by atoms with Gasteiger partial charge in [0.25, 0.3) is 0 Å². The maximum absolute atomic E-state index is 6.25. The summed E-state index contributed by atoms with van der Waals surface area (Å²) in [5.41, 5.74) is 7.83. The lowest BCUT2D eigenvalue weighted by Crippen LogP contribution is -2.04. The molecule has 0 amide bonds. The average molecular weight is 238 g/mol. The number of hydrogen-bond donors (Lipinski definition) is 1. The molecule has 2 rings (SSSR count). The Hall–Kier alpha value is -1.06. The first-order chi connectivity index (χ1) is 7.50. The van der Waals surface area contributed by atoms with Gasteiger partial charge in [0, 0.05) is 17.5 Å². The molecule has 0 saturated heterocycles. The minimum Gasteiger partial charge on any atom is -0.324 e. The van der Waals surface area contributed by atoms with Gasteiger partial charge < -0.3 is 5.73 Å². The number of aromatic nitrogens is 2. The van der Waals surface area contributed by atoms with Crippen molar-refractivity contribution in [2.75, 3.05) is 0 Å². The van der Waals surface area contributed by atoms with Crippen LogP contribution in [-0.2, 0) is 0 Å². The van der Waals surface area contributed by atoms with Crippen molar-refractivity contribution < 1.29 is 0 Å². The number of halogens is 1. The van der Waals surface area contributed by atoms with Crippen LogP contribution in [0.15, 0.2) is 18.2 Å². The van der Waals surface area contributed by atoms with Crippen LogP contribution in [0.2, 0.25) is 5.15 Å². The Balaban J connectivity index is 2.63. The van der Waals surface area contributed by atoms with E-state index in [4.69, 9.17) is 17.3 Å². The third-order valence-electron chi connectivity index (χ3n) is 2.68. The van der Waals surface area contributed by atoms with E-state index in [2.05, 4.69) is 18.9 Å². The maximum Gasteiger partial charge on any atom is 0.135 e. The van der Waals surface area contributed by atoms with Crippen LogP contribution < -0.4 is 5.73 Å². The molecule has 1 unspecified atom stereocenters. The molecule has 0 saturated carbocycles. The number of rotatable bonds is 2. The molecule has 0 spiro atoms. The smallest absolute Gasteiger partial charge is 0.135 e. The topological polar surface area (TPSA) is 43.8 Å². The molecule has 0 aliphatic heterocycles. The number of benzene rings is 1. The van der Waals surface area contributed by atoms with Gasteiger partial charge in [0.15, 0.2) is 0 Å². The monoisotopic (exact) mass is 237 g/mol. The lowest BCUT2D eigenvalue weighted by molar-refractivity contribution is 0.538. The Morgan fingerprint density at radius 1 is 1.31 bits per heavy atom. The molecule has 0 bridgehead atoms. The van der Waals surface area contributed by atoms with Crippen LogP contribution in [0.4, 0.5) is 0 Å². The van der Waals surface area contributed by atoms with Gasteiger partial charge >= 0.3 is 0 Å². The highest BCUT2D eigenvalue weighted by Crippen LogP contribution is 2.27. The SMILES string of the molecule is CC(N)c1ccc2c(Cl)n(C(C)C)nc2c1. The average Bonchev–Trinajstić information content (AvgIpc) is 2.55. The fraction of sp³-hybridized carbons (Fsp3) is 0.417. The molecule has 0 fully saturated rings. The van der Waals surface area contributed by atoms with Crippen molar-refractivity contribution in [1.29, 1.82) is 0 Å². The highest BCUT2D eigenvalue weighted by atomic mass is 35.5. The summed E-state index contributed by atoms with van der Waals surface area (Å²) in [6.07, 6.45) is 0. The minimum atomic E-state index is 0.0207. The molecule has 3 nitrogen and oxygen atoms in total. The zero-order valence-electron chi connectivity index (χ0n) is 9.74. The second-order valence-corrected chi connectivity index (χ2v) is 4.75. The van der Waals surface area contributed by atoms with E-state index in [-0.39, 0.29) is 12.1 Å². The van der Waals surface area contributed by atoms with Gasteiger partial charge in [-0.25, -0.2) is 0 Å². The van der Waals surface area contributed by atoms with Gasteiger partial charge in [0.2, 0.25) is 0 Å². The number of hydrogen-bond acceptors (Lipinski definition) is 2. The van der Waals surface area contributed by atoms with Crippen LogP contribution in [-0.4, -0.2) is 9.78 Å². The first-order valence-corrected chi connectivity index (χ1v) is 5.81. The maximum atomic E-state index is 6.25. The molecule has 0 aliphatic rings. The molecule has 4 heteroatoms. The lowest BCUT2D eigenvalue weighted by atomic mass is 10.1. The van der Waals surface area contributed by atoms with Gasteiger partial charge in [-0.1, -0.05) is 17.7 Å². The van der Waals surface area contributed by atoms with Crippen molar-refractivity contribution in [3.63, 3.8) is 0 Å². The number of nitrogens with zero attached hydrogens (tertiary/aromatic N) is 2. The van der Waals surface area contributed by atoms with Crippen molar-refractivity contribution in [2.24, 2.45) is 5.73 Å². The fourth-order valence-electron chi connectivity index (χ4n) is 1.71. The Kier molecular flexibility index (Phi) is 2.91. The van der Waals surface area contributed by atoms with Crippen molar-refractivity contribution in [1.82, 2.24) is 9.78 Å². The highest BCUT2D eigenvalue weighted by molar-refractivity contribution is 6.34. The molecule has 1 aromatic carbocycles. The van der Waals surface area contributed by atoms with Crippen molar-refractivity contribution >= 4 is 22.5 Å². The molecule has 0 radical (unpaired) electrons. The first kappa shape index (κ1) is 11.4. The summed E-state index contributed by atoms with van der Waals surface area (Å²) in [4.78, 5) is 0. The van der Waals surface area contributed by atoms with Crippen LogP contribution >= 0.6 is 11.6 Å². The summed E-state index contributed by atoms with van der Waals surface area (Å²) in [5, 5.41) is 6.17. The highest BCUT2D eigenvalue weighted by Gasteiger charge is 2.12. The van der Waals surface area contributed by atoms with Gasteiger partial charge in [-0.3, -0.25) is 4.68 Å². The molecule has 86 valence electrons. The molecule has 1 aromatic heterocycles. The van der Waals surface area contributed by atoms with Crippen LogP contribution in [0.3, 0.4) is 0 Å². The van der Waals surface area contributed by atoms with E-state index in [1.54, 1.807) is 0 Å². The predicted molar refractivity (Wildman–Crippen MR) is 67.7 cm³/mol. The Labute approximate surface area is 100 Å².